The number of likely N-dealkylation sites (tertiary alicyclic amines) is 1. The Balaban J connectivity index is 1.20. The standard InChI is InChI=1S/C31H35ClN10O8S2/c1-15(30(48)49)50-38-23(19-14-52-31(33)35-19)21(44)11-18-28(47)41-24(26-36-39-40-37-26)16(13-51-29(18)41)12-42(8-3-2-4-9-42)10-7-34-27(46)17-5-6-20(43)25(45)22(17)32/h5-6,14-15,18,29H,2-4,7-13H2,1H3,(H6-,33,34,35,36,37,38,39,40,43,44,45,46,48,49)/p+1/t15-,18+,29+/m0/s1. The van der Waals surface area contributed by atoms with Crippen LogP contribution in [0.15, 0.2) is 28.2 Å². The minimum absolute atomic E-state index is 0.0415. The van der Waals surface area contributed by atoms with E-state index in [-0.39, 0.29) is 45.3 Å². The van der Waals surface area contributed by atoms with Gasteiger partial charge in [0.2, 0.25) is 17.8 Å². The fourth-order valence-corrected chi connectivity index (χ4v) is 8.80. The lowest BCUT2D eigenvalue weighted by Gasteiger charge is -2.51. The highest BCUT2D eigenvalue weighted by Gasteiger charge is 2.54. The van der Waals surface area contributed by atoms with Crippen LogP contribution in [0.1, 0.15) is 54.5 Å². The van der Waals surface area contributed by atoms with Gasteiger partial charge in [0, 0.05) is 23.1 Å². The van der Waals surface area contributed by atoms with Crippen molar-refractivity contribution in [2.24, 2.45) is 11.1 Å². The first-order valence-corrected chi connectivity index (χ1v) is 18.6. The molecule has 2 amide bonds. The number of thiazole rings is 1. The molecule has 0 aliphatic carbocycles. The molecule has 0 bridgehead atoms. The molecule has 3 aromatic rings. The maximum absolute atomic E-state index is 13.9. The van der Waals surface area contributed by atoms with Gasteiger partial charge < -0.3 is 35.7 Å². The van der Waals surface area contributed by atoms with E-state index >= 15 is 0 Å². The number of aromatic amines is 1. The highest BCUT2D eigenvalue weighted by molar-refractivity contribution is 8.00. The Morgan fingerprint density at radius 3 is 2.69 bits per heavy atom. The van der Waals surface area contributed by atoms with Crippen LogP contribution < -0.4 is 11.1 Å². The van der Waals surface area contributed by atoms with Gasteiger partial charge in [0.25, 0.3) is 5.91 Å². The van der Waals surface area contributed by atoms with Crippen LogP contribution in [0.4, 0.5) is 5.13 Å². The summed E-state index contributed by atoms with van der Waals surface area (Å²) in [5.74, 6) is -3.57. The molecule has 0 radical (unpaired) electrons. The van der Waals surface area contributed by atoms with Gasteiger partial charge in [-0.15, -0.1) is 33.3 Å². The number of benzene rings is 1. The molecule has 276 valence electrons. The van der Waals surface area contributed by atoms with Gasteiger partial charge >= 0.3 is 5.97 Å². The van der Waals surface area contributed by atoms with Crippen molar-refractivity contribution in [1.29, 1.82) is 0 Å². The second-order valence-corrected chi connectivity index (χ2v) is 15.1. The fraction of sp³-hybridized carbons (Fsp3) is 0.452. The van der Waals surface area contributed by atoms with Crippen molar-refractivity contribution in [3.8, 4) is 11.5 Å². The molecule has 21 heteroatoms. The number of H-pyrrole nitrogens is 1. The van der Waals surface area contributed by atoms with Crippen LogP contribution >= 0.6 is 34.7 Å². The van der Waals surface area contributed by atoms with Gasteiger partial charge in [-0.3, -0.25) is 19.3 Å². The quantitative estimate of drug-likeness (QED) is 0.0449. The van der Waals surface area contributed by atoms with E-state index in [0.29, 0.717) is 35.6 Å². The number of carboxylic acid groups (broad SMARTS) is 1. The van der Waals surface area contributed by atoms with E-state index in [1.807, 2.05) is 0 Å². The molecule has 2 aromatic heterocycles. The molecule has 6 rings (SSSR count). The number of anilines is 1. The molecule has 2 fully saturated rings. The third-order valence-electron chi connectivity index (χ3n) is 9.30. The van der Waals surface area contributed by atoms with E-state index in [1.54, 1.807) is 4.90 Å². The molecule has 0 unspecified atom stereocenters. The molecular weight excluding hydrogens is 740 g/mol. The van der Waals surface area contributed by atoms with E-state index in [2.05, 4.69) is 36.1 Å². The van der Waals surface area contributed by atoms with Crippen LogP contribution in [-0.4, -0.2) is 130 Å². The van der Waals surface area contributed by atoms with Crippen molar-refractivity contribution in [1.82, 2.24) is 35.8 Å². The number of phenolic OH excluding ortho intramolecular Hbond substituents is 2. The normalized spacial score (nSPS) is 20.5. The number of quaternary nitrogens is 1. The number of nitrogens with one attached hydrogen (secondary N) is 2. The number of nitrogen functional groups attached to an aromatic ring is 1. The van der Waals surface area contributed by atoms with Crippen LogP contribution in [0, 0.1) is 5.92 Å². The summed E-state index contributed by atoms with van der Waals surface area (Å²) < 4.78 is 0.631. The lowest BCUT2D eigenvalue weighted by Crippen LogP contribution is -2.62. The second-order valence-electron chi connectivity index (χ2n) is 12.7. The SMILES string of the molecule is C[C@H](O/N=C(\C(=O)C[C@@H]1C(=O)N2C(c3nn[nH]n3)=C(C[N+]3(CCNC(=O)c4ccc(O)c(O)c4Cl)CCCCC3)CS[C@H]12)c1csc(N)n1)C(=O)O. The fourth-order valence-electron chi connectivity index (χ4n) is 6.60. The number of hydrogen-bond acceptors (Lipinski definition) is 15. The van der Waals surface area contributed by atoms with Gasteiger partial charge in [-0.25, -0.2) is 9.78 Å². The smallest absolute Gasteiger partial charge is 0.347 e. The molecule has 52 heavy (non-hydrogen) atoms. The summed E-state index contributed by atoms with van der Waals surface area (Å²) in [4.78, 5) is 62.5. The van der Waals surface area contributed by atoms with Crippen molar-refractivity contribution >= 4 is 74.8 Å². The monoisotopic (exact) mass is 775 g/mol. The van der Waals surface area contributed by atoms with Gasteiger partial charge in [-0.1, -0.05) is 16.8 Å². The van der Waals surface area contributed by atoms with Gasteiger partial charge in [-0.05, 0) is 43.5 Å². The number of carbonyl (C=O) groups excluding carboxylic acids is 3. The average Bonchev–Trinajstić information content (AvgIpc) is 3.82. The largest absolute Gasteiger partial charge is 0.504 e. The summed E-state index contributed by atoms with van der Waals surface area (Å²) in [5.41, 5.74) is 7.17. The van der Waals surface area contributed by atoms with E-state index in [4.69, 9.17) is 22.2 Å². The first kappa shape index (κ1) is 37.0. The molecule has 0 saturated carbocycles. The minimum Gasteiger partial charge on any atom is -0.504 e. The number of β-lactam (4-membered cyclic amide) rings is 1. The zero-order valence-electron chi connectivity index (χ0n) is 27.8. The third kappa shape index (κ3) is 7.55. The molecule has 0 spiro atoms. The van der Waals surface area contributed by atoms with Crippen LogP contribution in [0.2, 0.25) is 5.02 Å². The van der Waals surface area contributed by atoms with Crippen molar-refractivity contribution in [2.45, 2.75) is 44.1 Å². The number of piperidine rings is 1. The van der Waals surface area contributed by atoms with Gasteiger partial charge in [0.05, 0.1) is 53.8 Å². The minimum atomic E-state index is -1.33. The molecule has 5 heterocycles. The molecule has 2 saturated heterocycles. The molecule has 3 atom stereocenters. The number of amides is 2. The number of ketones is 1. The number of halogens is 1. The molecule has 3 aliphatic heterocycles. The highest BCUT2D eigenvalue weighted by Crippen LogP contribution is 2.48. The Bertz CT molecular complexity index is 1930. The first-order chi connectivity index (χ1) is 24.9. The second kappa shape index (κ2) is 15.4. The number of phenols is 2. The number of nitrogens with two attached hydrogens (primary N) is 1. The number of aromatic hydroxyl groups is 2. The summed E-state index contributed by atoms with van der Waals surface area (Å²) >= 11 is 8.70. The van der Waals surface area contributed by atoms with Crippen LogP contribution in [0.3, 0.4) is 0 Å². The van der Waals surface area contributed by atoms with E-state index in [1.165, 1.54) is 36.2 Å². The number of oxime groups is 1. The van der Waals surface area contributed by atoms with E-state index < -0.39 is 46.6 Å². The number of carbonyl (C=O) groups is 4. The number of aliphatic carboxylic acids is 1. The summed E-state index contributed by atoms with van der Waals surface area (Å²) in [5, 5.41) is 51.3. The highest BCUT2D eigenvalue weighted by atomic mass is 35.5. The molecule has 7 N–H and O–H groups in total. The number of tetrazole rings is 1. The third-order valence-corrected chi connectivity index (χ3v) is 11.8. The van der Waals surface area contributed by atoms with Crippen molar-refractivity contribution < 1.29 is 43.8 Å². The number of rotatable bonds is 14. The predicted octanol–water partition coefficient (Wildman–Crippen LogP) is 1.83. The maximum Gasteiger partial charge on any atom is 0.347 e. The van der Waals surface area contributed by atoms with E-state index in [9.17, 15) is 34.5 Å². The Morgan fingerprint density at radius 2 is 2.02 bits per heavy atom. The number of Topliss-reactive ketones (excluding diaryl/α,β-unsaturated/α-hetero) is 1. The lowest BCUT2D eigenvalue weighted by molar-refractivity contribution is -0.927. The van der Waals surface area contributed by atoms with E-state index in [0.717, 1.165) is 49.3 Å². The van der Waals surface area contributed by atoms with Crippen LogP contribution in [-0.2, 0) is 19.2 Å². The number of nitrogens with zero attached hydrogens (tertiary/aromatic N) is 7. The molecule has 18 nitrogen and oxygen atoms in total. The lowest BCUT2D eigenvalue weighted by atomic mass is 9.88. The average molecular weight is 776 g/mol. The zero-order valence-corrected chi connectivity index (χ0v) is 30.2. The number of thioether (sulfide) groups is 1. The summed E-state index contributed by atoms with van der Waals surface area (Å²) in [6, 6.07) is 2.55. The maximum atomic E-state index is 13.9. The predicted molar refractivity (Wildman–Crippen MR) is 189 cm³/mol. The van der Waals surface area contributed by atoms with Gasteiger partial charge in [-0.2, -0.15) is 5.21 Å². The molecule has 1 aromatic carbocycles. The number of aromatic nitrogens is 5. The summed E-state index contributed by atoms with van der Waals surface area (Å²) in [7, 11) is 0. The van der Waals surface area contributed by atoms with Gasteiger partial charge in [0.15, 0.2) is 28.1 Å². The Kier molecular flexibility index (Phi) is 11.0. The number of fused-ring (bicyclic) bond motifs is 1. The van der Waals surface area contributed by atoms with Gasteiger partial charge in [0.1, 0.15) is 12.2 Å². The number of hydrogen-bond donors (Lipinski definition) is 6. The molecule has 3 aliphatic rings. The van der Waals surface area contributed by atoms with Crippen LogP contribution in [0.5, 0.6) is 11.5 Å². The Hall–Kier alpha value is -4.79. The Labute approximate surface area is 309 Å². The first-order valence-electron chi connectivity index (χ1n) is 16.3. The zero-order chi connectivity index (χ0) is 37.2. The van der Waals surface area contributed by atoms with Crippen molar-refractivity contribution in [2.75, 3.05) is 44.2 Å². The van der Waals surface area contributed by atoms with Crippen LogP contribution in [0.25, 0.3) is 5.70 Å². The summed E-state index contributed by atoms with van der Waals surface area (Å²) in [6.07, 6.45) is 1.46. The Morgan fingerprint density at radius 1 is 1.25 bits per heavy atom. The van der Waals surface area contributed by atoms with Crippen molar-refractivity contribution in [3.05, 3.63) is 45.2 Å². The number of carboxylic acids is 1. The van der Waals surface area contributed by atoms with Crippen molar-refractivity contribution in [3.63, 3.8) is 0 Å². The topological polar surface area (TPSA) is 259 Å². The summed E-state index contributed by atoms with van der Waals surface area (Å²) in [6.45, 7) is 4.37. The molecular formula is C31H36ClN10O8S2+.